The first kappa shape index (κ1) is 15.8. The third-order valence-corrected chi connectivity index (χ3v) is 3.23. The van der Waals surface area contributed by atoms with E-state index in [1.165, 1.54) is 12.0 Å². The maximum Gasteiger partial charge on any atom is 0.141 e. The van der Waals surface area contributed by atoms with Gasteiger partial charge in [-0.05, 0) is 57.8 Å². The summed E-state index contributed by atoms with van der Waals surface area (Å²) in [7, 11) is 5.87. The molecule has 1 aromatic carbocycles. The highest BCUT2D eigenvalue weighted by atomic mass is 16.5. The molecule has 0 fully saturated rings. The van der Waals surface area contributed by atoms with Crippen molar-refractivity contribution in [2.75, 3.05) is 46.6 Å². The zero-order valence-electron chi connectivity index (χ0n) is 12.6. The summed E-state index contributed by atoms with van der Waals surface area (Å²) in [5, 5.41) is 0. The number of benzene rings is 1. The van der Waals surface area contributed by atoms with Gasteiger partial charge in [0.2, 0.25) is 0 Å². The lowest BCUT2D eigenvalue weighted by atomic mass is 10.1. The first-order valence-electron chi connectivity index (χ1n) is 6.86. The van der Waals surface area contributed by atoms with Crippen molar-refractivity contribution in [3.63, 3.8) is 0 Å². The van der Waals surface area contributed by atoms with Gasteiger partial charge in [-0.1, -0.05) is 13.0 Å². The number of anilines is 1. The second-order valence-corrected chi connectivity index (χ2v) is 5.10. The van der Waals surface area contributed by atoms with Gasteiger partial charge in [0, 0.05) is 6.54 Å². The molecule has 0 bridgehead atoms. The standard InChI is InChI=1S/C15H27N3O/c1-5-18(10-6-9-17(2)3)12-13-7-8-15(19-4)14(16)11-13/h7-8,11H,5-6,9-10,12,16H2,1-4H3. The molecule has 0 aromatic heterocycles. The number of hydrogen-bond donors (Lipinski definition) is 1. The summed E-state index contributed by atoms with van der Waals surface area (Å²) in [6.07, 6.45) is 1.19. The van der Waals surface area contributed by atoms with Crippen LogP contribution in [0, 0.1) is 0 Å². The largest absolute Gasteiger partial charge is 0.495 e. The van der Waals surface area contributed by atoms with Crippen LogP contribution in [0.4, 0.5) is 5.69 Å². The number of methoxy groups -OCH3 is 1. The Balaban J connectivity index is 2.53. The third kappa shape index (κ3) is 5.49. The summed E-state index contributed by atoms with van der Waals surface area (Å²) in [4.78, 5) is 4.66. The van der Waals surface area contributed by atoms with Gasteiger partial charge in [0.25, 0.3) is 0 Å². The molecule has 19 heavy (non-hydrogen) atoms. The summed E-state index contributed by atoms with van der Waals surface area (Å²) in [6.45, 7) is 6.43. The minimum atomic E-state index is 0.712. The van der Waals surface area contributed by atoms with Crippen LogP contribution in [-0.4, -0.2) is 50.6 Å². The summed E-state index contributed by atoms with van der Waals surface area (Å²) in [5.74, 6) is 0.749. The predicted molar refractivity (Wildman–Crippen MR) is 81.5 cm³/mol. The highest BCUT2D eigenvalue weighted by Gasteiger charge is 2.06. The van der Waals surface area contributed by atoms with Gasteiger partial charge in [-0.25, -0.2) is 0 Å². The average molecular weight is 265 g/mol. The Labute approximate surface area is 117 Å². The van der Waals surface area contributed by atoms with Gasteiger partial charge in [-0.15, -0.1) is 0 Å². The number of nitrogens with zero attached hydrogens (tertiary/aromatic N) is 2. The lowest BCUT2D eigenvalue weighted by Crippen LogP contribution is -2.26. The fourth-order valence-electron chi connectivity index (χ4n) is 2.10. The summed E-state index contributed by atoms with van der Waals surface area (Å²) >= 11 is 0. The molecule has 4 heteroatoms. The Hall–Kier alpha value is -1.26. The van der Waals surface area contributed by atoms with Crippen molar-refractivity contribution < 1.29 is 4.74 Å². The van der Waals surface area contributed by atoms with Crippen molar-refractivity contribution in [1.82, 2.24) is 9.80 Å². The molecular formula is C15H27N3O. The van der Waals surface area contributed by atoms with Gasteiger partial charge in [0.15, 0.2) is 0 Å². The van der Waals surface area contributed by atoms with E-state index in [0.717, 1.165) is 31.9 Å². The second kappa shape index (κ2) is 8.02. The minimum absolute atomic E-state index is 0.712. The van der Waals surface area contributed by atoms with Crippen LogP contribution in [0.2, 0.25) is 0 Å². The zero-order valence-corrected chi connectivity index (χ0v) is 12.6. The Morgan fingerprint density at radius 3 is 2.47 bits per heavy atom. The molecular weight excluding hydrogens is 238 g/mol. The van der Waals surface area contributed by atoms with E-state index in [0.29, 0.717) is 5.69 Å². The molecule has 0 heterocycles. The van der Waals surface area contributed by atoms with E-state index in [-0.39, 0.29) is 0 Å². The first-order valence-corrected chi connectivity index (χ1v) is 6.86. The number of nitrogen functional groups attached to an aromatic ring is 1. The molecule has 1 rings (SSSR count). The highest BCUT2D eigenvalue weighted by Crippen LogP contribution is 2.22. The molecule has 0 spiro atoms. The van der Waals surface area contributed by atoms with Crippen LogP contribution >= 0.6 is 0 Å². The molecule has 0 saturated carbocycles. The molecule has 0 amide bonds. The van der Waals surface area contributed by atoms with E-state index in [4.69, 9.17) is 10.5 Å². The molecule has 0 aliphatic rings. The number of nitrogens with two attached hydrogens (primary N) is 1. The molecule has 0 atom stereocenters. The Morgan fingerprint density at radius 1 is 1.21 bits per heavy atom. The smallest absolute Gasteiger partial charge is 0.141 e. The second-order valence-electron chi connectivity index (χ2n) is 5.10. The molecule has 0 radical (unpaired) electrons. The van der Waals surface area contributed by atoms with Crippen molar-refractivity contribution in [2.45, 2.75) is 19.9 Å². The first-order chi connectivity index (χ1) is 9.06. The van der Waals surface area contributed by atoms with Crippen LogP contribution in [0.15, 0.2) is 18.2 Å². The lowest BCUT2D eigenvalue weighted by Gasteiger charge is -2.22. The quantitative estimate of drug-likeness (QED) is 0.731. The highest BCUT2D eigenvalue weighted by molar-refractivity contribution is 5.54. The summed E-state index contributed by atoms with van der Waals surface area (Å²) in [6, 6.07) is 6.04. The fourth-order valence-corrected chi connectivity index (χ4v) is 2.10. The number of hydrogen-bond acceptors (Lipinski definition) is 4. The SMILES string of the molecule is CCN(CCCN(C)C)Cc1ccc(OC)c(N)c1. The van der Waals surface area contributed by atoms with Gasteiger partial charge in [-0.3, -0.25) is 4.90 Å². The monoisotopic (exact) mass is 265 g/mol. The van der Waals surface area contributed by atoms with E-state index in [1.54, 1.807) is 7.11 Å². The van der Waals surface area contributed by atoms with Crippen molar-refractivity contribution in [3.8, 4) is 5.75 Å². The van der Waals surface area contributed by atoms with E-state index in [2.05, 4.69) is 36.9 Å². The van der Waals surface area contributed by atoms with E-state index in [1.807, 2.05) is 12.1 Å². The van der Waals surface area contributed by atoms with Crippen molar-refractivity contribution in [2.24, 2.45) is 0 Å². The van der Waals surface area contributed by atoms with Crippen LogP contribution in [0.5, 0.6) is 5.75 Å². The summed E-state index contributed by atoms with van der Waals surface area (Å²) < 4.78 is 5.18. The van der Waals surface area contributed by atoms with E-state index < -0.39 is 0 Å². The summed E-state index contributed by atoms with van der Waals surface area (Å²) in [5.41, 5.74) is 7.89. The van der Waals surface area contributed by atoms with Crippen molar-refractivity contribution >= 4 is 5.69 Å². The third-order valence-electron chi connectivity index (χ3n) is 3.23. The molecule has 2 N–H and O–H groups in total. The van der Waals surface area contributed by atoms with Crippen LogP contribution in [0.25, 0.3) is 0 Å². The molecule has 0 aliphatic heterocycles. The number of rotatable bonds is 8. The molecule has 108 valence electrons. The van der Waals surface area contributed by atoms with Crippen LogP contribution in [0.1, 0.15) is 18.9 Å². The van der Waals surface area contributed by atoms with E-state index >= 15 is 0 Å². The molecule has 0 aliphatic carbocycles. The fraction of sp³-hybridized carbons (Fsp3) is 0.600. The average Bonchev–Trinajstić information content (AvgIpc) is 2.37. The van der Waals surface area contributed by atoms with Gasteiger partial charge < -0.3 is 15.4 Å². The topological polar surface area (TPSA) is 41.7 Å². The molecule has 4 nitrogen and oxygen atoms in total. The maximum absolute atomic E-state index is 5.94. The Kier molecular flexibility index (Phi) is 6.67. The van der Waals surface area contributed by atoms with Crippen LogP contribution in [0.3, 0.4) is 0 Å². The van der Waals surface area contributed by atoms with Gasteiger partial charge in [0.05, 0.1) is 12.8 Å². The lowest BCUT2D eigenvalue weighted by molar-refractivity contribution is 0.259. The van der Waals surface area contributed by atoms with Gasteiger partial charge in [0.1, 0.15) is 5.75 Å². The predicted octanol–water partition coefficient (Wildman–Crippen LogP) is 2.05. The minimum Gasteiger partial charge on any atom is -0.495 e. The molecule has 1 aromatic rings. The Morgan fingerprint density at radius 2 is 1.95 bits per heavy atom. The zero-order chi connectivity index (χ0) is 14.3. The van der Waals surface area contributed by atoms with Gasteiger partial charge >= 0.3 is 0 Å². The van der Waals surface area contributed by atoms with Gasteiger partial charge in [-0.2, -0.15) is 0 Å². The van der Waals surface area contributed by atoms with Crippen LogP contribution in [-0.2, 0) is 6.54 Å². The molecule has 0 saturated heterocycles. The Bertz CT molecular complexity index is 380. The normalized spacial score (nSPS) is 11.3. The number of ether oxygens (including phenoxy) is 1. The van der Waals surface area contributed by atoms with Crippen LogP contribution < -0.4 is 10.5 Å². The van der Waals surface area contributed by atoms with Crippen molar-refractivity contribution in [3.05, 3.63) is 23.8 Å². The van der Waals surface area contributed by atoms with E-state index in [9.17, 15) is 0 Å². The maximum atomic E-state index is 5.94. The van der Waals surface area contributed by atoms with Crippen molar-refractivity contribution in [1.29, 1.82) is 0 Å². The molecule has 0 unspecified atom stereocenters.